The van der Waals surface area contributed by atoms with Gasteiger partial charge in [-0.2, -0.15) is 0 Å². The molecule has 1 atom stereocenters. The van der Waals surface area contributed by atoms with Crippen LogP contribution in [0.5, 0.6) is 0 Å². The normalized spacial score (nSPS) is 22.2. The van der Waals surface area contributed by atoms with Gasteiger partial charge in [0.15, 0.2) is 5.78 Å². The monoisotopic (exact) mass is 245 g/mol. The van der Waals surface area contributed by atoms with Gasteiger partial charge in [-0.1, -0.05) is 0 Å². The van der Waals surface area contributed by atoms with E-state index in [0.29, 0.717) is 0 Å². The second-order valence-electron chi connectivity index (χ2n) is 5.00. The number of nitrogens with zero attached hydrogens (tertiary/aromatic N) is 1. The van der Waals surface area contributed by atoms with E-state index in [1.807, 2.05) is 0 Å². The third-order valence-corrected chi connectivity index (χ3v) is 2.20. The Morgan fingerprint density at radius 1 is 1.59 bits per heavy atom. The maximum atomic E-state index is 11.9. The SMILES string of the molecule is CC(C)(C)OC(=O)N1CC(=O)COC[C@H]1CO. The average Bonchev–Trinajstić information content (AvgIpc) is 2.37. The zero-order chi connectivity index (χ0) is 13.1. The molecule has 0 aliphatic carbocycles. The van der Waals surface area contributed by atoms with Crippen molar-refractivity contribution in [3.63, 3.8) is 0 Å². The highest BCUT2D eigenvalue weighted by Gasteiger charge is 2.31. The molecule has 0 aromatic heterocycles. The maximum absolute atomic E-state index is 11.9. The Bertz CT molecular complexity index is 297. The molecule has 0 unspecified atom stereocenters. The minimum atomic E-state index is -0.632. The van der Waals surface area contributed by atoms with Crippen LogP contribution in [-0.4, -0.2) is 59.9 Å². The van der Waals surface area contributed by atoms with E-state index in [9.17, 15) is 14.7 Å². The van der Waals surface area contributed by atoms with Crippen molar-refractivity contribution in [2.24, 2.45) is 0 Å². The van der Waals surface area contributed by atoms with E-state index >= 15 is 0 Å². The first-order chi connectivity index (χ1) is 7.83. The fraction of sp³-hybridized carbons (Fsp3) is 0.818. The van der Waals surface area contributed by atoms with Crippen LogP contribution in [0, 0.1) is 0 Å². The molecule has 1 N–H and O–H groups in total. The van der Waals surface area contributed by atoms with Gasteiger partial charge < -0.3 is 14.6 Å². The molecule has 1 aliphatic heterocycles. The molecule has 1 fully saturated rings. The summed E-state index contributed by atoms with van der Waals surface area (Å²) in [7, 11) is 0. The number of Topliss-reactive ketones (excluding diaryl/α,β-unsaturated/α-hetero) is 1. The smallest absolute Gasteiger partial charge is 0.411 e. The minimum Gasteiger partial charge on any atom is -0.444 e. The first-order valence-corrected chi connectivity index (χ1v) is 5.53. The Kier molecular flexibility index (Phi) is 4.47. The predicted molar refractivity (Wildman–Crippen MR) is 59.6 cm³/mol. The molecule has 98 valence electrons. The van der Waals surface area contributed by atoms with Gasteiger partial charge in [0.25, 0.3) is 0 Å². The molecule has 0 aromatic carbocycles. The van der Waals surface area contributed by atoms with Gasteiger partial charge in [-0.25, -0.2) is 4.79 Å². The molecule has 1 saturated heterocycles. The van der Waals surface area contributed by atoms with Crippen LogP contribution in [0.1, 0.15) is 20.8 Å². The van der Waals surface area contributed by atoms with E-state index in [-0.39, 0.29) is 32.1 Å². The molecule has 0 bridgehead atoms. The van der Waals surface area contributed by atoms with Crippen molar-refractivity contribution in [1.29, 1.82) is 0 Å². The molecular weight excluding hydrogens is 226 g/mol. The Hall–Kier alpha value is -1.14. The number of aliphatic hydroxyl groups excluding tert-OH is 1. The number of ether oxygens (including phenoxy) is 2. The Morgan fingerprint density at radius 3 is 2.76 bits per heavy atom. The summed E-state index contributed by atoms with van der Waals surface area (Å²) in [5, 5.41) is 9.18. The van der Waals surface area contributed by atoms with E-state index in [2.05, 4.69) is 0 Å². The zero-order valence-corrected chi connectivity index (χ0v) is 10.4. The number of hydrogen-bond donors (Lipinski definition) is 1. The van der Waals surface area contributed by atoms with Crippen LogP contribution in [0.15, 0.2) is 0 Å². The molecule has 0 radical (unpaired) electrons. The lowest BCUT2D eigenvalue weighted by Crippen LogP contribution is -2.47. The Morgan fingerprint density at radius 2 is 2.24 bits per heavy atom. The van der Waals surface area contributed by atoms with Crippen molar-refractivity contribution in [2.45, 2.75) is 32.4 Å². The van der Waals surface area contributed by atoms with E-state index in [4.69, 9.17) is 9.47 Å². The van der Waals surface area contributed by atoms with Gasteiger partial charge in [-0.05, 0) is 20.8 Å². The first-order valence-electron chi connectivity index (χ1n) is 5.53. The number of amides is 1. The summed E-state index contributed by atoms with van der Waals surface area (Å²) in [4.78, 5) is 24.5. The van der Waals surface area contributed by atoms with Crippen LogP contribution < -0.4 is 0 Å². The lowest BCUT2D eigenvalue weighted by Gasteiger charge is -2.30. The van der Waals surface area contributed by atoms with Gasteiger partial charge in [0.1, 0.15) is 12.2 Å². The van der Waals surface area contributed by atoms with Crippen LogP contribution >= 0.6 is 0 Å². The largest absolute Gasteiger partial charge is 0.444 e. The van der Waals surface area contributed by atoms with Gasteiger partial charge >= 0.3 is 6.09 Å². The van der Waals surface area contributed by atoms with Crippen molar-refractivity contribution in [1.82, 2.24) is 4.90 Å². The Labute approximate surface area is 100 Å². The quantitative estimate of drug-likeness (QED) is 0.713. The van der Waals surface area contributed by atoms with Crippen LogP contribution in [0.25, 0.3) is 0 Å². The van der Waals surface area contributed by atoms with Gasteiger partial charge in [0, 0.05) is 0 Å². The summed E-state index contributed by atoms with van der Waals surface area (Å²) in [5.74, 6) is -0.202. The number of carbonyl (C=O) groups is 2. The lowest BCUT2D eigenvalue weighted by molar-refractivity contribution is -0.122. The summed E-state index contributed by atoms with van der Waals surface area (Å²) in [5.41, 5.74) is -0.632. The topological polar surface area (TPSA) is 76.1 Å². The number of rotatable bonds is 1. The molecule has 1 heterocycles. The second-order valence-corrected chi connectivity index (χ2v) is 5.00. The molecule has 1 aliphatic rings. The highest BCUT2D eigenvalue weighted by Crippen LogP contribution is 2.13. The van der Waals surface area contributed by atoms with Crippen LogP contribution in [-0.2, 0) is 14.3 Å². The van der Waals surface area contributed by atoms with E-state index in [1.165, 1.54) is 4.90 Å². The fourth-order valence-corrected chi connectivity index (χ4v) is 1.45. The summed E-state index contributed by atoms with van der Waals surface area (Å²) < 4.78 is 10.2. The summed E-state index contributed by atoms with van der Waals surface area (Å²) >= 11 is 0. The second kappa shape index (κ2) is 5.46. The summed E-state index contributed by atoms with van der Waals surface area (Å²) in [6.07, 6.45) is -0.601. The molecule has 6 heteroatoms. The van der Waals surface area contributed by atoms with Crippen molar-refractivity contribution in [3.05, 3.63) is 0 Å². The van der Waals surface area contributed by atoms with E-state index in [0.717, 1.165) is 0 Å². The number of aliphatic hydroxyl groups is 1. The van der Waals surface area contributed by atoms with Crippen molar-refractivity contribution in [3.8, 4) is 0 Å². The van der Waals surface area contributed by atoms with Gasteiger partial charge in [-0.15, -0.1) is 0 Å². The van der Waals surface area contributed by atoms with Gasteiger partial charge in [0.05, 0.1) is 25.8 Å². The van der Waals surface area contributed by atoms with Gasteiger partial charge in [-0.3, -0.25) is 9.69 Å². The van der Waals surface area contributed by atoms with Crippen LogP contribution in [0.2, 0.25) is 0 Å². The molecule has 0 aromatic rings. The number of hydrogen-bond acceptors (Lipinski definition) is 5. The molecular formula is C11H19NO5. The van der Waals surface area contributed by atoms with Gasteiger partial charge in [0.2, 0.25) is 0 Å². The zero-order valence-electron chi connectivity index (χ0n) is 10.4. The predicted octanol–water partition coefficient (Wildman–Crippen LogP) is 0.184. The third kappa shape index (κ3) is 4.32. The summed E-state index contributed by atoms with van der Waals surface area (Å²) in [6.45, 7) is 5.00. The molecule has 0 spiro atoms. The highest BCUT2D eigenvalue weighted by atomic mass is 16.6. The molecule has 17 heavy (non-hydrogen) atoms. The standard InChI is InChI=1S/C11H19NO5/c1-11(2,3)17-10(15)12-4-9(14)7-16-6-8(12)5-13/h8,13H,4-7H2,1-3H3/t8-/m1/s1. The highest BCUT2D eigenvalue weighted by molar-refractivity contribution is 5.85. The minimum absolute atomic E-state index is 0.0319. The van der Waals surface area contributed by atoms with E-state index in [1.54, 1.807) is 20.8 Å². The third-order valence-electron chi connectivity index (χ3n) is 2.20. The molecule has 1 amide bonds. The molecule has 0 saturated carbocycles. The first kappa shape index (κ1) is 13.9. The number of carbonyl (C=O) groups excluding carboxylic acids is 2. The molecule has 6 nitrogen and oxygen atoms in total. The summed E-state index contributed by atoms with van der Waals surface area (Å²) in [6, 6.07) is -0.531. The average molecular weight is 245 g/mol. The van der Waals surface area contributed by atoms with Crippen molar-refractivity contribution < 1.29 is 24.2 Å². The maximum Gasteiger partial charge on any atom is 0.411 e. The lowest BCUT2D eigenvalue weighted by atomic mass is 10.2. The van der Waals surface area contributed by atoms with Crippen molar-refractivity contribution >= 4 is 11.9 Å². The van der Waals surface area contributed by atoms with Crippen molar-refractivity contribution in [2.75, 3.05) is 26.4 Å². The Balaban J connectivity index is 2.75. The number of ketones is 1. The van der Waals surface area contributed by atoms with Crippen LogP contribution in [0.3, 0.4) is 0 Å². The molecule has 1 rings (SSSR count). The fourth-order valence-electron chi connectivity index (χ4n) is 1.45. The van der Waals surface area contributed by atoms with Crippen LogP contribution in [0.4, 0.5) is 4.79 Å². The van der Waals surface area contributed by atoms with E-state index < -0.39 is 17.7 Å².